The molecule has 3 heterocycles. The SMILES string of the molecule is CC[C@H](C)[C@@H]1NC(=O)[C@@H]2CCCN2C(=O)[C@@H]2CCCN2C(=O)[C@H](CCC(N)=O)NC(=O)[C@H](CC[S@@](C)=O)NC(=O)[C@H](CC(C)C)NC(=O)CNC(=O)[C@@H]([C@H](C)O)NC1=O. The molecule has 0 radical (unpaired) electrons. The largest absolute Gasteiger partial charge is 0.391 e. The van der Waals surface area contributed by atoms with E-state index in [0.29, 0.717) is 19.3 Å². The quantitative estimate of drug-likeness (QED) is 0.104. The number of nitrogens with two attached hydrogens (primary N) is 1. The summed E-state index contributed by atoms with van der Waals surface area (Å²) < 4.78 is 12.1. The van der Waals surface area contributed by atoms with Crippen LogP contribution < -0.4 is 37.6 Å². The number of fused-ring (bicyclic) bond motifs is 2. The summed E-state index contributed by atoms with van der Waals surface area (Å²) in [5.41, 5.74) is 5.43. The first-order valence-corrected chi connectivity index (χ1v) is 22.1. The molecule has 0 aliphatic carbocycles. The van der Waals surface area contributed by atoms with Gasteiger partial charge in [-0.05, 0) is 63.7 Å². The number of hydrogen-bond acceptors (Lipinski definition) is 11. The zero-order valence-electron chi connectivity index (χ0n) is 34.9. The van der Waals surface area contributed by atoms with Gasteiger partial charge in [-0.15, -0.1) is 0 Å². The van der Waals surface area contributed by atoms with Gasteiger partial charge in [0.15, 0.2) is 0 Å². The van der Waals surface area contributed by atoms with E-state index in [4.69, 9.17) is 5.73 Å². The minimum absolute atomic E-state index is 0.0299. The Morgan fingerprint density at radius 3 is 1.90 bits per heavy atom. The molecule has 3 aliphatic rings. The zero-order chi connectivity index (χ0) is 44.1. The summed E-state index contributed by atoms with van der Waals surface area (Å²) in [6.45, 7) is 8.00. The molecule has 0 aromatic heterocycles. The second-order valence-corrected chi connectivity index (χ2v) is 17.7. The molecule has 0 aromatic rings. The fourth-order valence-corrected chi connectivity index (χ4v) is 8.02. The van der Waals surface area contributed by atoms with Crippen LogP contribution in [-0.4, -0.2) is 152 Å². The monoisotopic (exact) mass is 853 g/mol. The van der Waals surface area contributed by atoms with Gasteiger partial charge in [-0.3, -0.25) is 47.4 Å². The number of nitrogens with zero attached hydrogens (tertiary/aromatic N) is 2. The number of amides is 9. The predicted molar refractivity (Wildman–Crippen MR) is 215 cm³/mol. The molecule has 0 unspecified atom stereocenters. The molecule has 3 saturated heterocycles. The van der Waals surface area contributed by atoms with Crippen molar-refractivity contribution in [3.63, 3.8) is 0 Å². The number of nitrogens with one attached hydrogen (secondary N) is 6. The van der Waals surface area contributed by atoms with Crippen LogP contribution in [0, 0.1) is 11.8 Å². The maximum atomic E-state index is 14.3. The predicted octanol–water partition coefficient (Wildman–Crippen LogP) is -2.97. The Kier molecular flexibility index (Phi) is 18.7. The van der Waals surface area contributed by atoms with Crippen LogP contribution in [0.15, 0.2) is 0 Å². The molecule has 3 rings (SSSR count). The van der Waals surface area contributed by atoms with Crippen molar-refractivity contribution in [1.82, 2.24) is 41.7 Å². The lowest BCUT2D eigenvalue weighted by molar-refractivity contribution is -0.148. The third-order valence-electron chi connectivity index (χ3n) is 10.9. The van der Waals surface area contributed by atoms with Gasteiger partial charge in [-0.1, -0.05) is 34.1 Å². The van der Waals surface area contributed by atoms with Crippen molar-refractivity contribution in [2.75, 3.05) is 31.6 Å². The van der Waals surface area contributed by atoms with Crippen LogP contribution in [-0.2, 0) is 54.0 Å². The lowest BCUT2D eigenvalue weighted by Gasteiger charge is -2.34. The first kappa shape index (κ1) is 48.7. The smallest absolute Gasteiger partial charge is 0.246 e. The molecule has 0 aromatic carbocycles. The van der Waals surface area contributed by atoms with Crippen molar-refractivity contribution < 1.29 is 52.5 Å². The highest BCUT2D eigenvalue weighted by atomic mass is 32.2. The number of rotatable bonds is 11. The fraction of sp³-hybridized carbons (Fsp3) is 0.763. The molecule has 9 N–H and O–H groups in total. The number of carbonyl (C=O) groups is 9. The van der Waals surface area contributed by atoms with E-state index in [1.54, 1.807) is 27.7 Å². The fourth-order valence-electron chi connectivity index (χ4n) is 7.45. The average molecular weight is 854 g/mol. The van der Waals surface area contributed by atoms with E-state index in [2.05, 4.69) is 31.9 Å². The summed E-state index contributed by atoms with van der Waals surface area (Å²) in [4.78, 5) is 125. The van der Waals surface area contributed by atoms with E-state index in [1.165, 1.54) is 23.0 Å². The van der Waals surface area contributed by atoms with E-state index < -0.39 is 125 Å². The minimum Gasteiger partial charge on any atom is -0.391 e. The number of carbonyl (C=O) groups excluding carboxylic acids is 9. The third kappa shape index (κ3) is 14.0. The Balaban J connectivity index is 2.08. The van der Waals surface area contributed by atoms with Gasteiger partial charge in [0, 0.05) is 42.3 Å². The first-order chi connectivity index (χ1) is 27.7. The Morgan fingerprint density at radius 2 is 1.32 bits per heavy atom. The van der Waals surface area contributed by atoms with E-state index in [-0.39, 0.29) is 63.3 Å². The molecule has 9 amide bonds. The summed E-state index contributed by atoms with van der Waals surface area (Å²) in [6, 6.07) is -8.72. The maximum absolute atomic E-state index is 14.3. The lowest BCUT2D eigenvalue weighted by Crippen LogP contribution is -2.62. The van der Waals surface area contributed by atoms with Gasteiger partial charge in [0.05, 0.1) is 12.6 Å². The molecule has 0 spiro atoms. The molecule has 3 aliphatic heterocycles. The highest BCUT2D eigenvalue weighted by Crippen LogP contribution is 2.26. The lowest BCUT2D eigenvalue weighted by atomic mass is 9.97. The molecule has 0 saturated carbocycles. The van der Waals surface area contributed by atoms with Gasteiger partial charge < -0.3 is 52.5 Å². The van der Waals surface area contributed by atoms with Gasteiger partial charge in [-0.25, -0.2) is 0 Å². The van der Waals surface area contributed by atoms with Gasteiger partial charge in [0.25, 0.3) is 0 Å². The number of aliphatic hydroxyl groups excluding tert-OH is 1. The van der Waals surface area contributed by atoms with Crippen LogP contribution in [0.25, 0.3) is 0 Å². The standard InChI is InChI=1S/C38H63N9O11S/c1-7-21(4)30-36(55)45-31(22(5)48)35(54)40-19-29(50)41-25(18-20(2)3)33(52)42-23(14-17-59(6)58)32(51)43-24(12-13-28(39)49)37(56)47-16-9-11-27(47)38(57)46-15-8-10-26(46)34(53)44-30/h20-27,30-31,48H,7-19H2,1-6H3,(H2,39,49)(H,40,54)(H,41,50)(H,42,52)(H,43,51)(H,44,53)(H,45,55)/t21-,22-,23-,24-,25-,26-,27-,30-,31+,59+/m0/s1. The number of primary amides is 1. The van der Waals surface area contributed by atoms with Crippen molar-refractivity contribution in [3.05, 3.63) is 0 Å². The maximum Gasteiger partial charge on any atom is 0.246 e. The molecule has 59 heavy (non-hydrogen) atoms. The third-order valence-corrected chi connectivity index (χ3v) is 11.7. The Labute approximate surface area is 347 Å². The molecule has 20 nitrogen and oxygen atoms in total. The summed E-state index contributed by atoms with van der Waals surface area (Å²) in [6.07, 6.45) is 1.18. The zero-order valence-corrected chi connectivity index (χ0v) is 35.7. The molecular formula is C38H63N9O11S. The highest BCUT2D eigenvalue weighted by molar-refractivity contribution is 7.84. The molecule has 332 valence electrons. The van der Waals surface area contributed by atoms with Crippen molar-refractivity contribution in [2.45, 2.75) is 141 Å². The Morgan fingerprint density at radius 1 is 0.746 bits per heavy atom. The first-order valence-electron chi connectivity index (χ1n) is 20.4. The van der Waals surface area contributed by atoms with Crippen molar-refractivity contribution in [1.29, 1.82) is 0 Å². The highest BCUT2D eigenvalue weighted by Gasteiger charge is 2.45. The second-order valence-electron chi connectivity index (χ2n) is 16.1. The van der Waals surface area contributed by atoms with Crippen LogP contribution in [0.3, 0.4) is 0 Å². The molecule has 0 bridgehead atoms. The minimum atomic E-state index is -1.55. The number of aliphatic hydroxyl groups is 1. The van der Waals surface area contributed by atoms with E-state index in [9.17, 15) is 52.5 Å². The van der Waals surface area contributed by atoms with Gasteiger partial charge in [-0.2, -0.15) is 0 Å². The van der Waals surface area contributed by atoms with Crippen molar-refractivity contribution in [3.8, 4) is 0 Å². The van der Waals surface area contributed by atoms with Crippen LogP contribution in [0.2, 0.25) is 0 Å². The van der Waals surface area contributed by atoms with Crippen LogP contribution >= 0.6 is 0 Å². The molecule has 21 heteroatoms. The van der Waals surface area contributed by atoms with Gasteiger partial charge in [0.1, 0.15) is 42.3 Å². The Hall–Kier alpha value is -4.66. The topological polar surface area (TPSA) is 296 Å². The summed E-state index contributed by atoms with van der Waals surface area (Å²) >= 11 is 0. The summed E-state index contributed by atoms with van der Waals surface area (Å²) in [5, 5.41) is 25.9. The normalized spacial score (nSPS) is 28.8. The molecule has 3 fully saturated rings. The molecule has 10 atom stereocenters. The molecular weight excluding hydrogens is 791 g/mol. The summed E-state index contributed by atoms with van der Waals surface area (Å²) in [5.74, 6) is -7.35. The van der Waals surface area contributed by atoms with Gasteiger partial charge >= 0.3 is 0 Å². The van der Waals surface area contributed by atoms with Crippen LogP contribution in [0.5, 0.6) is 0 Å². The average Bonchev–Trinajstić information content (AvgIpc) is 3.87. The van der Waals surface area contributed by atoms with E-state index in [1.807, 2.05) is 0 Å². The second kappa shape index (κ2) is 22.6. The van der Waals surface area contributed by atoms with Crippen LogP contribution in [0.4, 0.5) is 0 Å². The summed E-state index contributed by atoms with van der Waals surface area (Å²) in [7, 11) is -1.41. The van der Waals surface area contributed by atoms with Crippen molar-refractivity contribution in [2.24, 2.45) is 17.6 Å². The van der Waals surface area contributed by atoms with Gasteiger partial charge in [0.2, 0.25) is 53.2 Å². The van der Waals surface area contributed by atoms with E-state index >= 15 is 0 Å². The van der Waals surface area contributed by atoms with Crippen molar-refractivity contribution >= 4 is 64.0 Å². The van der Waals surface area contributed by atoms with Crippen LogP contribution in [0.1, 0.15) is 92.4 Å². The van der Waals surface area contributed by atoms with E-state index in [0.717, 1.165) is 0 Å². The Bertz CT molecular complexity index is 1610. The number of hydrogen-bond donors (Lipinski definition) is 8.